The van der Waals surface area contributed by atoms with E-state index in [0.717, 1.165) is 10.3 Å². The predicted molar refractivity (Wildman–Crippen MR) is 69.9 cm³/mol. The summed E-state index contributed by atoms with van der Waals surface area (Å²) in [5.74, 6) is 4.92. The Hall–Kier alpha value is -0.430. The Labute approximate surface area is 108 Å². The molecule has 4 nitrogen and oxygen atoms in total. The number of carbonyl (C=O) groups excluding carboxylic acids is 1. The lowest BCUT2D eigenvalue weighted by Gasteiger charge is -2.23. The Kier molecular flexibility index (Phi) is 5.40. The molecule has 3 N–H and O–H groups in total. The molecule has 1 aromatic rings. The fourth-order valence-electron chi connectivity index (χ4n) is 1.36. The second-order valence-electron chi connectivity index (χ2n) is 3.79. The van der Waals surface area contributed by atoms with Crippen LogP contribution in [0.15, 0.2) is 15.2 Å². The number of carbonyl (C=O) groups is 1. The van der Waals surface area contributed by atoms with Gasteiger partial charge in [-0.05, 0) is 46.9 Å². The van der Waals surface area contributed by atoms with Crippen molar-refractivity contribution in [2.45, 2.75) is 25.9 Å². The standard InChI is InChI=1S/C10H16BrN3OS/c1-7(3-10(15)13-12)14(2)5-8-4-9(11)16-6-8/h4,6-7H,3,5,12H2,1-2H3,(H,13,15). The quantitative estimate of drug-likeness (QED) is 0.495. The van der Waals surface area contributed by atoms with Gasteiger partial charge in [-0.25, -0.2) is 5.84 Å². The third-order valence-electron chi connectivity index (χ3n) is 2.45. The highest BCUT2D eigenvalue weighted by molar-refractivity contribution is 9.11. The highest BCUT2D eigenvalue weighted by Gasteiger charge is 2.13. The number of nitrogens with two attached hydrogens (primary N) is 1. The SMILES string of the molecule is CC(CC(=O)NN)N(C)Cc1csc(Br)c1. The number of hydrogen-bond donors (Lipinski definition) is 2. The number of halogens is 1. The van der Waals surface area contributed by atoms with Gasteiger partial charge in [0.25, 0.3) is 0 Å². The van der Waals surface area contributed by atoms with Crippen LogP contribution in [0.3, 0.4) is 0 Å². The summed E-state index contributed by atoms with van der Waals surface area (Å²) in [6.45, 7) is 2.85. The van der Waals surface area contributed by atoms with Gasteiger partial charge in [0.05, 0.1) is 3.79 Å². The van der Waals surface area contributed by atoms with Gasteiger partial charge in [-0.2, -0.15) is 0 Å². The van der Waals surface area contributed by atoms with E-state index in [1.165, 1.54) is 5.56 Å². The molecule has 90 valence electrons. The molecule has 1 atom stereocenters. The molecule has 0 spiro atoms. The molecule has 0 aliphatic rings. The van der Waals surface area contributed by atoms with Crippen molar-refractivity contribution in [3.05, 3.63) is 20.8 Å². The normalized spacial score (nSPS) is 12.8. The molecule has 0 fully saturated rings. The number of nitrogens with one attached hydrogen (secondary N) is 1. The zero-order valence-corrected chi connectivity index (χ0v) is 11.8. The lowest BCUT2D eigenvalue weighted by molar-refractivity contribution is -0.122. The van der Waals surface area contributed by atoms with Gasteiger partial charge in [0.15, 0.2) is 0 Å². The predicted octanol–water partition coefficient (Wildman–Crippen LogP) is 1.71. The van der Waals surface area contributed by atoms with Crippen molar-refractivity contribution >= 4 is 33.2 Å². The van der Waals surface area contributed by atoms with Crippen molar-refractivity contribution < 1.29 is 4.79 Å². The zero-order valence-electron chi connectivity index (χ0n) is 9.37. The van der Waals surface area contributed by atoms with E-state index in [-0.39, 0.29) is 11.9 Å². The second kappa shape index (κ2) is 6.34. The first-order chi connectivity index (χ1) is 7.52. The number of rotatable bonds is 5. The van der Waals surface area contributed by atoms with Crippen LogP contribution in [0, 0.1) is 0 Å². The smallest absolute Gasteiger partial charge is 0.235 e. The van der Waals surface area contributed by atoms with Gasteiger partial charge in [-0.3, -0.25) is 15.1 Å². The third kappa shape index (κ3) is 4.21. The van der Waals surface area contributed by atoms with Crippen molar-refractivity contribution in [3.8, 4) is 0 Å². The summed E-state index contributed by atoms with van der Waals surface area (Å²) in [6, 6.07) is 2.26. The summed E-state index contributed by atoms with van der Waals surface area (Å²) in [4.78, 5) is 13.2. The van der Waals surface area contributed by atoms with E-state index >= 15 is 0 Å². The van der Waals surface area contributed by atoms with E-state index in [4.69, 9.17) is 5.84 Å². The largest absolute Gasteiger partial charge is 0.299 e. The number of thiophene rings is 1. The van der Waals surface area contributed by atoms with Crippen LogP contribution in [-0.4, -0.2) is 23.9 Å². The van der Waals surface area contributed by atoms with Gasteiger partial charge in [0.1, 0.15) is 0 Å². The maximum atomic E-state index is 11.1. The molecule has 1 unspecified atom stereocenters. The van der Waals surface area contributed by atoms with E-state index in [2.05, 4.69) is 37.7 Å². The van der Waals surface area contributed by atoms with Crippen molar-refractivity contribution in [2.24, 2.45) is 5.84 Å². The van der Waals surface area contributed by atoms with Crippen molar-refractivity contribution in [3.63, 3.8) is 0 Å². The molecule has 0 radical (unpaired) electrons. The maximum Gasteiger partial charge on any atom is 0.235 e. The lowest BCUT2D eigenvalue weighted by Crippen LogP contribution is -2.37. The van der Waals surface area contributed by atoms with E-state index in [1.54, 1.807) is 11.3 Å². The van der Waals surface area contributed by atoms with Gasteiger partial charge in [-0.15, -0.1) is 11.3 Å². The average molecular weight is 306 g/mol. The topological polar surface area (TPSA) is 58.4 Å². The van der Waals surface area contributed by atoms with Crippen LogP contribution in [0.4, 0.5) is 0 Å². The molecule has 1 rings (SSSR count). The molecular weight excluding hydrogens is 290 g/mol. The van der Waals surface area contributed by atoms with Crippen LogP contribution >= 0.6 is 27.3 Å². The first kappa shape index (κ1) is 13.6. The Morgan fingerprint density at radius 2 is 2.44 bits per heavy atom. The maximum absolute atomic E-state index is 11.1. The minimum Gasteiger partial charge on any atom is -0.299 e. The van der Waals surface area contributed by atoms with Crippen molar-refractivity contribution in [1.82, 2.24) is 10.3 Å². The first-order valence-corrected chi connectivity index (χ1v) is 6.62. The lowest BCUT2D eigenvalue weighted by atomic mass is 10.2. The summed E-state index contributed by atoms with van der Waals surface area (Å²) in [7, 11) is 2.00. The Balaban J connectivity index is 2.45. The number of nitrogens with zero attached hydrogens (tertiary/aromatic N) is 1. The van der Waals surface area contributed by atoms with Crippen molar-refractivity contribution in [1.29, 1.82) is 0 Å². The average Bonchev–Trinajstić information content (AvgIpc) is 2.63. The fraction of sp³-hybridized carbons (Fsp3) is 0.500. The Bertz CT molecular complexity index is 356. The van der Waals surface area contributed by atoms with Gasteiger partial charge in [0.2, 0.25) is 5.91 Å². The van der Waals surface area contributed by atoms with Crippen LogP contribution in [0.1, 0.15) is 18.9 Å². The van der Waals surface area contributed by atoms with Crippen LogP contribution in [0.5, 0.6) is 0 Å². The van der Waals surface area contributed by atoms with Gasteiger partial charge in [-0.1, -0.05) is 0 Å². The molecule has 0 aromatic carbocycles. The highest BCUT2D eigenvalue weighted by atomic mass is 79.9. The van der Waals surface area contributed by atoms with Crippen molar-refractivity contribution in [2.75, 3.05) is 7.05 Å². The van der Waals surface area contributed by atoms with E-state index in [9.17, 15) is 4.79 Å². The molecule has 1 aromatic heterocycles. The summed E-state index contributed by atoms with van der Waals surface area (Å²) < 4.78 is 1.13. The van der Waals surface area contributed by atoms with Gasteiger partial charge >= 0.3 is 0 Å². The van der Waals surface area contributed by atoms with E-state index in [1.807, 2.05) is 14.0 Å². The highest BCUT2D eigenvalue weighted by Crippen LogP contribution is 2.22. The van der Waals surface area contributed by atoms with E-state index in [0.29, 0.717) is 6.42 Å². The fourth-order valence-corrected chi connectivity index (χ4v) is 2.56. The Morgan fingerprint density at radius 1 is 1.75 bits per heavy atom. The van der Waals surface area contributed by atoms with Crippen LogP contribution < -0.4 is 11.3 Å². The third-order valence-corrected chi connectivity index (χ3v) is 4.00. The minimum absolute atomic E-state index is 0.133. The monoisotopic (exact) mass is 305 g/mol. The number of hydrogen-bond acceptors (Lipinski definition) is 4. The summed E-state index contributed by atoms with van der Waals surface area (Å²) >= 11 is 5.10. The minimum atomic E-state index is -0.133. The van der Waals surface area contributed by atoms with E-state index < -0.39 is 0 Å². The molecule has 1 amide bonds. The summed E-state index contributed by atoms with van der Waals surface area (Å²) in [5, 5.41) is 2.11. The molecule has 16 heavy (non-hydrogen) atoms. The number of amides is 1. The first-order valence-electron chi connectivity index (χ1n) is 4.95. The zero-order chi connectivity index (χ0) is 12.1. The molecule has 1 heterocycles. The molecule has 0 saturated heterocycles. The Morgan fingerprint density at radius 3 is 2.94 bits per heavy atom. The molecule has 6 heteroatoms. The second-order valence-corrected chi connectivity index (χ2v) is 6.09. The van der Waals surface area contributed by atoms with Crippen LogP contribution in [0.25, 0.3) is 0 Å². The summed E-state index contributed by atoms with van der Waals surface area (Å²) in [5.41, 5.74) is 3.40. The van der Waals surface area contributed by atoms with Crippen LogP contribution in [0.2, 0.25) is 0 Å². The number of hydrazine groups is 1. The molecule has 0 bridgehead atoms. The van der Waals surface area contributed by atoms with Gasteiger partial charge < -0.3 is 0 Å². The van der Waals surface area contributed by atoms with Crippen LogP contribution in [-0.2, 0) is 11.3 Å². The van der Waals surface area contributed by atoms with Gasteiger partial charge in [0, 0.05) is 19.0 Å². The molecular formula is C10H16BrN3OS. The molecule has 0 saturated carbocycles. The molecule has 0 aliphatic heterocycles. The summed E-state index contributed by atoms with van der Waals surface area (Å²) in [6.07, 6.45) is 0.415. The molecule has 0 aliphatic carbocycles.